The van der Waals surface area contributed by atoms with Gasteiger partial charge in [-0.1, -0.05) is 18.2 Å². The zero-order valence-corrected chi connectivity index (χ0v) is 11.8. The van der Waals surface area contributed by atoms with Gasteiger partial charge in [0.2, 0.25) is 0 Å². The van der Waals surface area contributed by atoms with Crippen LogP contribution in [0.1, 0.15) is 22.9 Å². The summed E-state index contributed by atoms with van der Waals surface area (Å²) < 4.78 is 5.20. The SMILES string of the molecule is COc1cccc(C(CO)NCc2ccc(C)cn2)c1. The van der Waals surface area contributed by atoms with Crippen molar-refractivity contribution in [1.29, 1.82) is 0 Å². The minimum absolute atomic E-state index is 0.0268. The van der Waals surface area contributed by atoms with E-state index in [0.717, 1.165) is 22.6 Å². The Hall–Kier alpha value is -1.91. The molecule has 0 amide bonds. The van der Waals surface area contributed by atoms with Gasteiger partial charge in [0.15, 0.2) is 0 Å². The molecule has 4 nitrogen and oxygen atoms in total. The number of ether oxygens (including phenoxy) is 1. The van der Waals surface area contributed by atoms with E-state index < -0.39 is 0 Å². The maximum atomic E-state index is 9.54. The third-order valence-electron chi connectivity index (χ3n) is 3.18. The quantitative estimate of drug-likeness (QED) is 0.846. The van der Waals surface area contributed by atoms with Gasteiger partial charge in [-0.3, -0.25) is 4.98 Å². The fourth-order valence-corrected chi connectivity index (χ4v) is 1.98. The van der Waals surface area contributed by atoms with Gasteiger partial charge in [0, 0.05) is 12.7 Å². The van der Waals surface area contributed by atoms with Crippen molar-refractivity contribution < 1.29 is 9.84 Å². The van der Waals surface area contributed by atoms with Crippen LogP contribution in [0.5, 0.6) is 5.75 Å². The first-order chi connectivity index (χ1) is 9.72. The highest BCUT2D eigenvalue weighted by molar-refractivity contribution is 5.30. The fourth-order valence-electron chi connectivity index (χ4n) is 1.98. The van der Waals surface area contributed by atoms with Crippen molar-refractivity contribution >= 4 is 0 Å². The molecule has 20 heavy (non-hydrogen) atoms. The standard InChI is InChI=1S/C16H20N2O2/c1-12-6-7-14(17-9-12)10-18-16(11-19)13-4-3-5-15(8-13)20-2/h3-9,16,18-19H,10-11H2,1-2H3. The first-order valence-corrected chi connectivity index (χ1v) is 6.62. The molecule has 1 heterocycles. The summed E-state index contributed by atoms with van der Waals surface area (Å²) in [4.78, 5) is 4.34. The second-order valence-electron chi connectivity index (χ2n) is 4.72. The normalized spacial score (nSPS) is 12.2. The van der Waals surface area contributed by atoms with E-state index in [0.29, 0.717) is 6.54 Å². The number of aryl methyl sites for hydroxylation is 1. The van der Waals surface area contributed by atoms with Crippen LogP contribution < -0.4 is 10.1 Å². The highest BCUT2D eigenvalue weighted by Crippen LogP contribution is 2.19. The maximum absolute atomic E-state index is 9.54. The topological polar surface area (TPSA) is 54.4 Å². The lowest BCUT2D eigenvalue weighted by molar-refractivity contribution is 0.243. The molecule has 0 bridgehead atoms. The molecule has 0 spiro atoms. The van der Waals surface area contributed by atoms with Gasteiger partial charge >= 0.3 is 0 Å². The first-order valence-electron chi connectivity index (χ1n) is 6.62. The third-order valence-corrected chi connectivity index (χ3v) is 3.18. The Kier molecular flexibility index (Phi) is 5.09. The molecule has 2 N–H and O–H groups in total. The lowest BCUT2D eigenvalue weighted by Crippen LogP contribution is -2.24. The van der Waals surface area contributed by atoms with Crippen LogP contribution in [0.2, 0.25) is 0 Å². The summed E-state index contributed by atoms with van der Waals surface area (Å²) in [5.41, 5.74) is 3.09. The average Bonchev–Trinajstić information content (AvgIpc) is 2.50. The van der Waals surface area contributed by atoms with E-state index in [1.165, 1.54) is 0 Å². The number of aliphatic hydroxyl groups excluding tert-OH is 1. The van der Waals surface area contributed by atoms with Crippen molar-refractivity contribution in [3.05, 3.63) is 59.4 Å². The van der Waals surface area contributed by atoms with Gasteiger partial charge < -0.3 is 15.2 Å². The van der Waals surface area contributed by atoms with E-state index in [1.54, 1.807) is 7.11 Å². The molecular weight excluding hydrogens is 252 g/mol. The molecular formula is C16H20N2O2. The van der Waals surface area contributed by atoms with Crippen molar-refractivity contribution in [1.82, 2.24) is 10.3 Å². The summed E-state index contributed by atoms with van der Waals surface area (Å²) in [6, 6.07) is 11.6. The molecule has 2 aromatic rings. The largest absolute Gasteiger partial charge is 0.497 e. The van der Waals surface area contributed by atoms with Crippen molar-refractivity contribution in [2.24, 2.45) is 0 Å². The molecule has 0 aliphatic carbocycles. The van der Waals surface area contributed by atoms with Crippen LogP contribution in [0, 0.1) is 6.92 Å². The molecule has 106 valence electrons. The second kappa shape index (κ2) is 7.03. The molecule has 1 aromatic heterocycles. The van der Waals surface area contributed by atoms with E-state index in [1.807, 2.05) is 49.5 Å². The van der Waals surface area contributed by atoms with Crippen LogP contribution in [0.15, 0.2) is 42.6 Å². The number of benzene rings is 1. The number of methoxy groups -OCH3 is 1. The third kappa shape index (κ3) is 3.79. The first kappa shape index (κ1) is 14.5. The highest BCUT2D eigenvalue weighted by atomic mass is 16.5. The Morgan fingerprint density at radius 3 is 2.80 bits per heavy atom. The Morgan fingerprint density at radius 2 is 2.15 bits per heavy atom. The number of aliphatic hydroxyl groups is 1. The van der Waals surface area contributed by atoms with Crippen molar-refractivity contribution in [2.75, 3.05) is 13.7 Å². The maximum Gasteiger partial charge on any atom is 0.119 e. The predicted octanol–water partition coefficient (Wildman–Crippen LogP) is 2.22. The molecule has 1 aromatic carbocycles. The van der Waals surface area contributed by atoms with E-state index in [4.69, 9.17) is 4.74 Å². The monoisotopic (exact) mass is 272 g/mol. The Balaban J connectivity index is 2.03. The van der Waals surface area contributed by atoms with Gasteiger partial charge in [0.05, 0.1) is 25.5 Å². The lowest BCUT2D eigenvalue weighted by Gasteiger charge is -2.17. The summed E-state index contributed by atoms with van der Waals surface area (Å²) in [5, 5.41) is 12.8. The molecule has 0 saturated heterocycles. The molecule has 1 atom stereocenters. The van der Waals surface area contributed by atoms with Crippen LogP contribution in [0.3, 0.4) is 0 Å². The van der Waals surface area contributed by atoms with Crippen LogP contribution in [0.4, 0.5) is 0 Å². The molecule has 0 radical (unpaired) electrons. The molecule has 0 fully saturated rings. The number of aromatic nitrogens is 1. The van der Waals surface area contributed by atoms with Crippen molar-refractivity contribution in [3.8, 4) is 5.75 Å². The highest BCUT2D eigenvalue weighted by Gasteiger charge is 2.10. The molecule has 0 aliphatic heterocycles. The van der Waals surface area contributed by atoms with Crippen molar-refractivity contribution in [2.45, 2.75) is 19.5 Å². The molecule has 0 aliphatic rings. The Labute approximate surface area is 119 Å². The fraction of sp³-hybridized carbons (Fsp3) is 0.312. The van der Waals surface area contributed by atoms with Crippen LogP contribution in [-0.4, -0.2) is 23.8 Å². The molecule has 0 saturated carbocycles. The number of hydrogen-bond acceptors (Lipinski definition) is 4. The van der Waals surface area contributed by atoms with Gasteiger partial charge in [-0.15, -0.1) is 0 Å². The summed E-state index contributed by atoms with van der Waals surface area (Å²) in [6.45, 7) is 2.65. The van der Waals surface area contributed by atoms with E-state index in [2.05, 4.69) is 10.3 Å². The van der Waals surface area contributed by atoms with Gasteiger partial charge in [-0.25, -0.2) is 0 Å². The predicted molar refractivity (Wildman–Crippen MR) is 78.6 cm³/mol. The minimum Gasteiger partial charge on any atom is -0.497 e. The molecule has 2 rings (SSSR count). The van der Waals surface area contributed by atoms with Gasteiger partial charge in [-0.2, -0.15) is 0 Å². The van der Waals surface area contributed by atoms with Crippen LogP contribution >= 0.6 is 0 Å². The van der Waals surface area contributed by atoms with Gasteiger partial charge in [0.1, 0.15) is 5.75 Å². The van der Waals surface area contributed by atoms with Crippen LogP contribution in [-0.2, 0) is 6.54 Å². The number of pyridine rings is 1. The van der Waals surface area contributed by atoms with E-state index in [-0.39, 0.29) is 12.6 Å². The summed E-state index contributed by atoms with van der Waals surface area (Å²) in [6.07, 6.45) is 1.84. The minimum atomic E-state index is -0.131. The lowest BCUT2D eigenvalue weighted by atomic mass is 10.1. The van der Waals surface area contributed by atoms with E-state index >= 15 is 0 Å². The zero-order chi connectivity index (χ0) is 14.4. The van der Waals surface area contributed by atoms with Gasteiger partial charge in [0.25, 0.3) is 0 Å². The molecule has 4 heteroatoms. The smallest absolute Gasteiger partial charge is 0.119 e. The number of nitrogens with one attached hydrogen (secondary N) is 1. The number of rotatable bonds is 6. The summed E-state index contributed by atoms with van der Waals surface area (Å²) >= 11 is 0. The van der Waals surface area contributed by atoms with Crippen LogP contribution in [0.25, 0.3) is 0 Å². The Bertz CT molecular complexity index is 540. The number of hydrogen-bond donors (Lipinski definition) is 2. The summed E-state index contributed by atoms with van der Waals surface area (Å²) in [5.74, 6) is 0.788. The molecule has 1 unspecified atom stereocenters. The zero-order valence-electron chi connectivity index (χ0n) is 11.8. The Morgan fingerprint density at radius 1 is 1.30 bits per heavy atom. The summed E-state index contributed by atoms with van der Waals surface area (Å²) in [7, 11) is 1.64. The van der Waals surface area contributed by atoms with E-state index in [9.17, 15) is 5.11 Å². The second-order valence-corrected chi connectivity index (χ2v) is 4.72. The number of nitrogens with zero attached hydrogens (tertiary/aromatic N) is 1. The average molecular weight is 272 g/mol. The van der Waals surface area contributed by atoms with Crippen molar-refractivity contribution in [3.63, 3.8) is 0 Å². The van der Waals surface area contributed by atoms with Gasteiger partial charge in [-0.05, 0) is 36.2 Å².